The topological polar surface area (TPSA) is 36.7 Å². The second-order valence-electron chi connectivity index (χ2n) is 3.37. The number of aromatic nitrogens is 1. The van der Waals surface area contributed by atoms with Crippen molar-refractivity contribution in [2.75, 3.05) is 0 Å². The van der Waals surface area contributed by atoms with Crippen LogP contribution in [-0.4, -0.2) is 4.98 Å². The molecule has 0 aliphatic rings. The first-order chi connectivity index (χ1) is 7.36. The standard InChI is InChI=1S/C13H12N2/c14-13-12(8-4-5-9-15-13)10-11-6-2-1-3-7-11/h1-9,14H,10H2. The van der Waals surface area contributed by atoms with Gasteiger partial charge in [-0.1, -0.05) is 42.5 Å². The third kappa shape index (κ3) is 2.50. The molecule has 0 saturated carbocycles. The zero-order valence-corrected chi connectivity index (χ0v) is 8.35. The van der Waals surface area contributed by atoms with Gasteiger partial charge in [-0.25, -0.2) is 4.98 Å². The van der Waals surface area contributed by atoms with Crippen molar-refractivity contribution in [2.24, 2.45) is 0 Å². The maximum absolute atomic E-state index is 7.73. The highest BCUT2D eigenvalue weighted by atomic mass is 14.7. The molecule has 0 aliphatic carbocycles. The van der Waals surface area contributed by atoms with E-state index in [4.69, 9.17) is 5.41 Å². The number of nitrogens with zero attached hydrogens (tertiary/aromatic N) is 1. The molecule has 2 heteroatoms. The van der Waals surface area contributed by atoms with Gasteiger partial charge in [0.15, 0.2) is 0 Å². The second-order valence-corrected chi connectivity index (χ2v) is 3.37. The minimum Gasteiger partial charge on any atom is -0.283 e. The summed E-state index contributed by atoms with van der Waals surface area (Å²) in [7, 11) is 0. The van der Waals surface area contributed by atoms with Gasteiger partial charge in [0.2, 0.25) is 0 Å². The van der Waals surface area contributed by atoms with Crippen molar-refractivity contribution in [2.45, 2.75) is 6.42 Å². The highest BCUT2D eigenvalue weighted by Gasteiger charge is 1.96. The number of benzene rings is 1. The average molecular weight is 196 g/mol. The fourth-order valence-electron chi connectivity index (χ4n) is 1.46. The van der Waals surface area contributed by atoms with E-state index < -0.39 is 0 Å². The molecule has 0 spiro atoms. The molecule has 1 aromatic carbocycles. The molecule has 1 heterocycles. The maximum atomic E-state index is 7.73. The molecule has 0 saturated heterocycles. The molecule has 0 fully saturated rings. The minimum absolute atomic E-state index is 0.351. The summed E-state index contributed by atoms with van der Waals surface area (Å²) in [5, 5.41) is 7.73. The molecule has 2 rings (SSSR count). The highest BCUT2D eigenvalue weighted by molar-refractivity contribution is 5.22. The normalized spacial score (nSPS) is 9.87. The van der Waals surface area contributed by atoms with Gasteiger partial charge in [-0.2, -0.15) is 0 Å². The van der Waals surface area contributed by atoms with E-state index in [0.717, 1.165) is 12.0 Å². The van der Waals surface area contributed by atoms with E-state index >= 15 is 0 Å². The molecule has 0 radical (unpaired) electrons. The molecule has 0 amide bonds. The first kappa shape index (κ1) is 9.59. The van der Waals surface area contributed by atoms with Crippen LogP contribution in [0, 0.1) is 5.41 Å². The summed E-state index contributed by atoms with van der Waals surface area (Å²) in [5.41, 5.74) is 2.51. The third-order valence-corrected chi connectivity index (χ3v) is 2.24. The molecule has 0 unspecified atom stereocenters. The van der Waals surface area contributed by atoms with Crippen LogP contribution in [0.1, 0.15) is 11.1 Å². The molecule has 15 heavy (non-hydrogen) atoms. The van der Waals surface area contributed by atoms with Gasteiger partial charge in [-0.15, -0.1) is 0 Å². The van der Waals surface area contributed by atoms with Crippen molar-refractivity contribution in [3.63, 3.8) is 0 Å². The van der Waals surface area contributed by atoms with E-state index in [2.05, 4.69) is 17.1 Å². The highest BCUT2D eigenvalue weighted by Crippen LogP contribution is 2.04. The van der Waals surface area contributed by atoms with Crippen LogP contribution in [0.15, 0.2) is 54.7 Å². The molecule has 0 bridgehead atoms. The van der Waals surface area contributed by atoms with Crippen LogP contribution in [0.4, 0.5) is 0 Å². The van der Waals surface area contributed by atoms with Crippen LogP contribution in [-0.2, 0) is 6.42 Å². The van der Waals surface area contributed by atoms with E-state index in [1.165, 1.54) is 5.56 Å². The van der Waals surface area contributed by atoms with Gasteiger partial charge in [-0.05, 0) is 11.6 Å². The molecule has 2 nitrogen and oxygen atoms in total. The predicted octanol–water partition coefficient (Wildman–Crippen LogP) is 2.15. The molecule has 0 aliphatic heterocycles. The van der Waals surface area contributed by atoms with Crippen LogP contribution in [0.5, 0.6) is 0 Å². The van der Waals surface area contributed by atoms with Crippen LogP contribution in [0.3, 0.4) is 0 Å². The van der Waals surface area contributed by atoms with Crippen molar-refractivity contribution in [1.29, 1.82) is 5.41 Å². The first-order valence-electron chi connectivity index (χ1n) is 4.89. The fourth-order valence-corrected chi connectivity index (χ4v) is 1.46. The summed E-state index contributed by atoms with van der Waals surface area (Å²) in [6.45, 7) is 0. The minimum atomic E-state index is 0.351. The summed E-state index contributed by atoms with van der Waals surface area (Å²) < 4.78 is 0. The second kappa shape index (κ2) is 4.51. The Kier molecular flexibility index (Phi) is 2.88. The SMILES string of the molecule is N=c1nccccc1Cc1ccccc1. The Balaban J connectivity index is 2.34. The monoisotopic (exact) mass is 196 g/mol. The van der Waals surface area contributed by atoms with Crippen molar-refractivity contribution in [1.82, 2.24) is 4.98 Å². The summed E-state index contributed by atoms with van der Waals surface area (Å²) in [4.78, 5) is 4.00. The third-order valence-electron chi connectivity index (χ3n) is 2.24. The van der Waals surface area contributed by atoms with Crippen molar-refractivity contribution in [3.8, 4) is 0 Å². The van der Waals surface area contributed by atoms with Crippen LogP contribution in [0.25, 0.3) is 0 Å². The quantitative estimate of drug-likeness (QED) is 0.785. The lowest BCUT2D eigenvalue weighted by molar-refractivity contribution is 1.03. The Hall–Kier alpha value is -1.96. The van der Waals surface area contributed by atoms with Crippen LogP contribution in [0.2, 0.25) is 0 Å². The van der Waals surface area contributed by atoms with Crippen molar-refractivity contribution < 1.29 is 0 Å². The molecule has 74 valence electrons. The number of hydrogen-bond donors (Lipinski definition) is 1. The first-order valence-corrected chi connectivity index (χ1v) is 4.89. The van der Waals surface area contributed by atoms with Gasteiger partial charge in [-0.3, -0.25) is 5.41 Å². The zero-order chi connectivity index (χ0) is 10.5. The van der Waals surface area contributed by atoms with E-state index in [1.54, 1.807) is 6.20 Å². The molecule has 1 aromatic heterocycles. The smallest absolute Gasteiger partial charge is 0.147 e. The number of rotatable bonds is 2. The Morgan fingerprint density at radius 3 is 2.47 bits per heavy atom. The lowest BCUT2D eigenvalue weighted by atomic mass is 10.1. The Morgan fingerprint density at radius 1 is 0.933 bits per heavy atom. The van der Waals surface area contributed by atoms with E-state index in [-0.39, 0.29) is 0 Å². The van der Waals surface area contributed by atoms with E-state index in [0.29, 0.717) is 5.49 Å². The van der Waals surface area contributed by atoms with Gasteiger partial charge >= 0.3 is 0 Å². The molecular weight excluding hydrogens is 184 g/mol. The van der Waals surface area contributed by atoms with Crippen molar-refractivity contribution >= 4 is 0 Å². The molecular formula is C13H12N2. The van der Waals surface area contributed by atoms with Gasteiger partial charge in [0.1, 0.15) is 5.49 Å². The number of hydrogen-bond acceptors (Lipinski definition) is 2. The molecule has 1 N–H and O–H groups in total. The van der Waals surface area contributed by atoms with Gasteiger partial charge in [0, 0.05) is 18.2 Å². The Labute approximate surface area is 88.8 Å². The lowest BCUT2D eigenvalue weighted by Gasteiger charge is -1.98. The summed E-state index contributed by atoms with van der Waals surface area (Å²) in [5.74, 6) is 0. The maximum Gasteiger partial charge on any atom is 0.147 e. The summed E-state index contributed by atoms with van der Waals surface area (Å²) in [6, 6.07) is 15.8. The fraction of sp³-hybridized carbons (Fsp3) is 0.0769. The van der Waals surface area contributed by atoms with Crippen LogP contribution >= 0.6 is 0 Å². The zero-order valence-electron chi connectivity index (χ0n) is 8.35. The van der Waals surface area contributed by atoms with Gasteiger partial charge in [0.05, 0.1) is 0 Å². The molecule has 2 aromatic rings. The van der Waals surface area contributed by atoms with Gasteiger partial charge in [0.25, 0.3) is 0 Å². The lowest BCUT2D eigenvalue weighted by Crippen LogP contribution is -2.09. The van der Waals surface area contributed by atoms with Crippen molar-refractivity contribution in [3.05, 3.63) is 71.3 Å². The van der Waals surface area contributed by atoms with Crippen LogP contribution < -0.4 is 5.49 Å². The largest absolute Gasteiger partial charge is 0.283 e. The summed E-state index contributed by atoms with van der Waals surface area (Å²) >= 11 is 0. The molecule has 0 atom stereocenters. The number of nitrogens with one attached hydrogen (secondary N) is 1. The summed E-state index contributed by atoms with van der Waals surface area (Å²) in [6.07, 6.45) is 2.41. The van der Waals surface area contributed by atoms with E-state index in [9.17, 15) is 0 Å². The van der Waals surface area contributed by atoms with Gasteiger partial charge < -0.3 is 0 Å². The Morgan fingerprint density at radius 2 is 1.67 bits per heavy atom. The van der Waals surface area contributed by atoms with E-state index in [1.807, 2.05) is 36.4 Å². The Bertz CT molecular complexity index is 492. The predicted molar refractivity (Wildman–Crippen MR) is 59.3 cm³/mol. The average Bonchev–Trinajstić information content (AvgIpc) is 2.46.